The molecule has 3 unspecified atom stereocenters. The van der Waals surface area contributed by atoms with Crippen molar-refractivity contribution in [3.05, 3.63) is 169 Å². The van der Waals surface area contributed by atoms with Crippen molar-refractivity contribution in [1.29, 1.82) is 0 Å². The average molecular weight is 623 g/mol. The molecule has 0 N–H and O–H groups in total. The van der Waals surface area contributed by atoms with E-state index >= 15 is 0 Å². The highest BCUT2D eigenvalue weighted by Gasteiger charge is 2.37. The van der Waals surface area contributed by atoms with Crippen LogP contribution >= 0.6 is 28.1 Å². The first-order chi connectivity index (χ1) is 21.6. The van der Waals surface area contributed by atoms with E-state index in [4.69, 9.17) is 11.6 Å². The van der Waals surface area contributed by atoms with E-state index < -0.39 is 12.5 Å². The van der Waals surface area contributed by atoms with E-state index in [1.807, 2.05) is 0 Å². The second kappa shape index (κ2) is 12.7. The lowest BCUT2D eigenvalue weighted by atomic mass is 9.93. The molecule has 3 heteroatoms. The number of alkyl halides is 1. The molecule has 0 fully saturated rings. The summed E-state index contributed by atoms with van der Waals surface area (Å²) >= 11 is 7.83. The van der Waals surface area contributed by atoms with Gasteiger partial charge in [-0.1, -0.05) is 172 Å². The number of fused-ring (bicyclic) bond motifs is 2. The van der Waals surface area contributed by atoms with Crippen molar-refractivity contribution < 1.29 is 0 Å². The van der Waals surface area contributed by atoms with Gasteiger partial charge in [-0.15, -0.1) is 11.6 Å². The topological polar surface area (TPSA) is 0 Å². The van der Waals surface area contributed by atoms with Gasteiger partial charge in [0.15, 0.2) is 0 Å². The van der Waals surface area contributed by atoms with Gasteiger partial charge in [-0.05, 0) is 80.7 Å². The highest BCUT2D eigenvalue weighted by atomic mass is 35.5. The summed E-state index contributed by atoms with van der Waals surface area (Å²) in [6.07, 6.45) is 0.774. The molecule has 0 bridgehead atoms. The van der Waals surface area contributed by atoms with Crippen molar-refractivity contribution in [3.63, 3.8) is 0 Å². The largest absolute Gasteiger partial charge is 0.113 e. The van der Waals surface area contributed by atoms with Gasteiger partial charge in [0, 0.05) is 0 Å². The summed E-state index contributed by atoms with van der Waals surface area (Å²) < 4.78 is -0.526. The first-order valence-electron chi connectivity index (χ1n) is 15.0. The first kappa shape index (κ1) is 29.0. The van der Waals surface area contributed by atoms with Gasteiger partial charge in [-0.3, -0.25) is 0 Å². The third-order valence-electron chi connectivity index (χ3n) is 8.23. The van der Waals surface area contributed by atoms with Gasteiger partial charge in [0.25, 0.3) is 0 Å². The summed E-state index contributed by atoms with van der Waals surface area (Å²) in [6, 6.07) is 59.5. The van der Waals surface area contributed by atoms with Gasteiger partial charge in [0.05, 0.1) is 4.62 Å². The molecule has 0 aromatic heterocycles. The molecule has 214 valence electrons. The summed E-state index contributed by atoms with van der Waals surface area (Å²) in [7, 11) is -0.463. The minimum atomic E-state index is -0.994. The molecule has 0 radical (unpaired) electrons. The maximum Gasteiger partial charge on any atom is 0.0736 e. The van der Waals surface area contributed by atoms with Crippen LogP contribution in [0.1, 0.15) is 12.5 Å². The SMILES string of the molecule is CC(Cl)(Cc1ccccc1)P(c1ccccc1)c1ccc2ccccc2c1-c1c(Pc2ccccc2)ccc2ccccc12. The van der Waals surface area contributed by atoms with Crippen molar-refractivity contribution in [3.8, 4) is 11.1 Å². The Morgan fingerprint density at radius 2 is 1.07 bits per heavy atom. The molecule has 0 aliphatic rings. The monoisotopic (exact) mass is 622 g/mol. The van der Waals surface area contributed by atoms with Crippen LogP contribution in [0.5, 0.6) is 0 Å². The Bertz CT molecular complexity index is 2040. The van der Waals surface area contributed by atoms with Crippen molar-refractivity contribution in [2.75, 3.05) is 0 Å². The van der Waals surface area contributed by atoms with Gasteiger partial charge in [0.2, 0.25) is 0 Å². The summed E-state index contributed by atoms with van der Waals surface area (Å²) in [5.41, 5.74) is 3.90. The zero-order valence-corrected chi connectivity index (χ0v) is 27.3. The summed E-state index contributed by atoms with van der Waals surface area (Å²) in [6.45, 7) is 2.25. The van der Waals surface area contributed by atoms with Crippen LogP contribution in [0, 0.1) is 0 Å². The van der Waals surface area contributed by atoms with E-state index in [-0.39, 0.29) is 0 Å². The fourth-order valence-corrected chi connectivity index (χ4v) is 11.1. The highest BCUT2D eigenvalue weighted by molar-refractivity contribution is 7.76. The Kier molecular flexibility index (Phi) is 8.34. The minimum absolute atomic E-state index is 0.526. The molecule has 0 nitrogen and oxygen atoms in total. The zero-order valence-electron chi connectivity index (χ0n) is 24.6. The third kappa shape index (κ3) is 5.84. The van der Waals surface area contributed by atoms with Crippen molar-refractivity contribution in [2.45, 2.75) is 18.0 Å². The second-order valence-corrected chi connectivity index (χ2v) is 16.5. The highest BCUT2D eigenvalue weighted by Crippen LogP contribution is 2.55. The minimum Gasteiger partial charge on any atom is -0.113 e. The second-order valence-electron chi connectivity index (χ2n) is 11.4. The molecule has 0 heterocycles. The molecule has 0 aliphatic carbocycles. The van der Waals surface area contributed by atoms with E-state index in [2.05, 4.69) is 171 Å². The number of hydrogen-bond acceptors (Lipinski definition) is 0. The molecule has 0 amide bonds. The Hall–Kier alpha value is -3.79. The van der Waals surface area contributed by atoms with E-state index in [1.165, 1.54) is 59.5 Å². The van der Waals surface area contributed by atoms with Crippen LogP contribution in [-0.4, -0.2) is 4.62 Å². The molecular formula is C41H33ClP2. The average Bonchev–Trinajstić information content (AvgIpc) is 3.06. The molecule has 7 aromatic carbocycles. The molecule has 7 aromatic rings. The zero-order chi connectivity index (χ0) is 29.9. The van der Waals surface area contributed by atoms with E-state index in [0.717, 1.165) is 6.42 Å². The molecular weight excluding hydrogens is 590 g/mol. The van der Waals surface area contributed by atoms with Crippen LogP contribution in [0.3, 0.4) is 0 Å². The molecule has 44 heavy (non-hydrogen) atoms. The molecule has 0 spiro atoms. The Labute approximate surface area is 268 Å². The molecule has 0 aliphatic heterocycles. The number of benzene rings is 7. The maximum atomic E-state index is 7.83. The van der Waals surface area contributed by atoms with E-state index in [0.29, 0.717) is 8.58 Å². The van der Waals surface area contributed by atoms with Crippen LogP contribution in [0.15, 0.2) is 164 Å². The van der Waals surface area contributed by atoms with Crippen LogP contribution in [0.25, 0.3) is 32.7 Å². The van der Waals surface area contributed by atoms with Crippen LogP contribution in [-0.2, 0) is 6.42 Å². The number of rotatable bonds is 8. The standard InChI is InChI=1S/C41H33ClP2/c1-41(42,29-30-15-5-2-6-16-30)44(34-21-9-4-10-22-34)38-28-26-32-18-12-14-24-36(32)40(38)39-35-23-13-11-17-31(35)25-27-37(39)43-33-19-7-3-8-20-33/h2-28,43H,29H2,1H3. The number of halogens is 1. The summed E-state index contributed by atoms with van der Waals surface area (Å²) in [5.74, 6) is 0. The molecule has 0 saturated carbocycles. The molecule has 7 rings (SSSR count). The lowest BCUT2D eigenvalue weighted by Gasteiger charge is -2.36. The van der Waals surface area contributed by atoms with Crippen molar-refractivity contribution in [2.24, 2.45) is 0 Å². The number of hydrogen-bond donors (Lipinski definition) is 0. The quantitative estimate of drug-likeness (QED) is 0.117. The van der Waals surface area contributed by atoms with E-state index in [1.54, 1.807) is 0 Å². The Morgan fingerprint density at radius 3 is 1.73 bits per heavy atom. The fraction of sp³-hybridized carbons (Fsp3) is 0.0732. The van der Waals surface area contributed by atoms with Gasteiger partial charge in [0.1, 0.15) is 0 Å². The third-order valence-corrected chi connectivity index (χ3v) is 12.9. The van der Waals surface area contributed by atoms with Gasteiger partial charge in [-0.2, -0.15) is 0 Å². The van der Waals surface area contributed by atoms with Crippen molar-refractivity contribution >= 4 is 70.9 Å². The normalized spacial score (nSPS) is 13.8. The first-order valence-corrected chi connectivity index (χ1v) is 17.7. The summed E-state index contributed by atoms with van der Waals surface area (Å²) in [4.78, 5) is 0. The fourth-order valence-electron chi connectivity index (χ4n) is 6.32. The van der Waals surface area contributed by atoms with Crippen LogP contribution in [0.4, 0.5) is 0 Å². The summed E-state index contributed by atoms with van der Waals surface area (Å²) in [5, 5.41) is 10.4. The predicted octanol–water partition coefficient (Wildman–Crippen LogP) is 9.92. The van der Waals surface area contributed by atoms with Crippen molar-refractivity contribution in [1.82, 2.24) is 0 Å². The van der Waals surface area contributed by atoms with Crippen LogP contribution < -0.4 is 21.2 Å². The lowest BCUT2D eigenvalue weighted by Crippen LogP contribution is -2.30. The predicted molar refractivity (Wildman–Crippen MR) is 198 cm³/mol. The molecule has 0 saturated heterocycles. The van der Waals surface area contributed by atoms with Crippen LogP contribution in [0.2, 0.25) is 0 Å². The smallest absolute Gasteiger partial charge is 0.0736 e. The maximum absolute atomic E-state index is 7.83. The van der Waals surface area contributed by atoms with E-state index in [9.17, 15) is 0 Å². The molecule has 3 atom stereocenters. The van der Waals surface area contributed by atoms with Gasteiger partial charge in [-0.25, -0.2) is 0 Å². The van der Waals surface area contributed by atoms with Gasteiger partial charge >= 0.3 is 0 Å². The lowest BCUT2D eigenvalue weighted by molar-refractivity contribution is 0.858. The Balaban J connectivity index is 1.55. The van der Waals surface area contributed by atoms with Gasteiger partial charge < -0.3 is 0 Å². The Morgan fingerprint density at radius 1 is 0.545 bits per heavy atom.